The van der Waals surface area contributed by atoms with Gasteiger partial charge in [-0.3, -0.25) is 4.98 Å². The predicted octanol–water partition coefficient (Wildman–Crippen LogP) is 2.64. The second-order valence-corrected chi connectivity index (χ2v) is 4.46. The third-order valence-electron chi connectivity index (χ3n) is 2.82. The van der Waals surface area contributed by atoms with Gasteiger partial charge in [0.2, 0.25) is 0 Å². The van der Waals surface area contributed by atoms with Crippen molar-refractivity contribution < 1.29 is 4.39 Å². The monoisotopic (exact) mass is 230 g/mol. The van der Waals surface area contributed by atoms with Crippen molar-refractivity contribution in [3.05, 3.63) is 65.7 Å². The van der Waals surface area contributed by atoms with E-state index in [0.29, 0.717) is 6.42 Å². The van der Waals surface area contributed by atoms with Crippen LogP contribution in [-0.2, 0) is 12.0 Å². The molecule has 2 rings (SSSR count). The number of nitrogens with two attached hydrogens (primary N) is 1. The van der Waals surface area contributed by atoms with E-state index in [0.717, 1.165) is 11.1 Å². The fourth-order valence-corrected chi connectivity index (χ4v) is 1.86. The molecule has 3 heteroatoms. The molecule has 2 aromatic rings. The molecule has 0 saturated heterocycles. The van der Waals surface area contributed by atoms with Crippen molar-refractivity contribution in [2.75, 3.05) is 0 Å². The van der Waals surface area contributed by atoms with Crippen LogP contribution in [0.25, 0.3) is 0 Å². The third kappa shape index (κ3) is 2.88. The standard InChI is InChI=1S/C14H15FN2/c1-14(16,10-11-6-8-17-9-7-11)12-2-4-13(15)5-3-12/h2-9H,10,16H2,1H3. The largest absolute Gasteiger partial charge is 0.321 e. The Bertz CT molecular complexity index is 477. The van der Waals surface area contributed by atoms with Gasteiger partial charge in [-0.15, -0.1) is 0 Å². The molecule has 0 saturated carbocycles. The normalized spacial score (nSPS) is 14.3. The molecule has 0 aliphatic carbocycles. The van der Waals surface area contributed by atoms with Crippen molar-refractivity contribution in [2.45, 2.75) is 18.9 Å². The Kier molecular flexibility index (Phi) is 3.20. The van der Waals surface area contributed by atoms with Crippen LogP contribution in [0.5, 0.6) is 0 Å². The lowest BCUT2D eigenvalue weighted by molar-refractivity contribution is 0.489. The minimum absolute atomic E-state index is 0.242. The van der Waals surface area contributed by atoms with Gasteiger partial charge in [0.1, 0.15) is 5.82 Å². The van der Waals surface area contributed by atoms with E-state index in [1.807, 2.05) is 19.1 Å². The van der Waals surface area contributed by atoms with E-state index < -0.39 is 5.54 Å². The molecule has 0 spiro atoms. The first-order valence-electron chi connectivity index (χ1n) is 5.52. The molecule has 0 radical (unpaired) electrons. The van der Waals surface area contributed by atoms with E-state index in [4.69, 9.17) is 5.73 Å². The maximum Gasteiger partial charge on any atom is 0.123 e. The SMILES string of the molecule is CC(N)(Cc1ccncc1)c1ccc(F)cc1. The minimum Gasteiger partial charge on any atom is -0.321 e. The molecule has 0 aliphatic rings. The Balaban J connectivity index is 2.21. The van der Waals surface area contributed by atoms with Crippen molar-refractivity contribution in [1.82, 2.24) is 4.98 Å². The topological polar surface area (TPSA) is 38.9 Å². The van der Waals surface area contributed by atoms with Crippen molar-refractivity contribution >= 4 is 0 Å². The second-order valence-electron chi connectivity index (χ2n) is 4.46. The molecule has 1 aromatic carbocycles. The number of pyridine rings is 1. The van der Waals surface area contributed by atoms with Crippen LogP contribution in [-0.4, -0.2) is 4.98 Å². The van der Waals surface area contributed by atoms with Crippen LogP contribution < -0.4 is 5.73 Å². The van der Waals surface area contributed by atoms with E-state index >= 15 is 0 Å². The van der Waals surface area contributed by atoms with Crippen LogP contribution in [0.15, 0.2) is 48.8 Å². The van der Waals surface area contributed by atoms with Crippen LogP contribution in [0.4, 0.5) is 4.39 Å². The minimum atomic E-state index is -0.505. The smallest absolute Gasteiger partial charge is 0.123 e. The van der Waals surface area contributed by atoms with E-state index in [1.54, 1.807) is 24.5 Å². The fourth-order valence-electron chi connectivity index (χ4n) is 1.86. The lowest BCUT2D eigenvalue weighted by Gasteiger charge is -2.25. The van der Waals surface area contributed by atoms with Crippen LogP contribution in [0.2, 0.25) is 0 Å². The Morgan fingerprint density at radius 1 is 1.12 bits per heavy atom. The molecule has 1 unspecified atom stereocenters. The quantitative estimate of drug-likeness (QED) is 0.880. The lowest BCUT2D eigenvalue weighted by Crippen LogP contribution is -2.35. The maximum atomic E-state index is 12.9. The summed E-state index contributed by atoms with van der Waals surface area (Å²) in [5.74, 6) is -0.242. The van der Waals surface area contributed by atoms with E-state index in [-0.39, 0.29) is 5.82 Å². The van der Waals surface area contributed by atoms with E-state index in [2.05, 4.69) is 4.98 Å². The summed E-state index contributed by atoms with van der Waals surface area (Å²) in [6.07, 6.45) is 4.19. The Morgan fingerprint density at radius 2 is 1.71 bits per heavy atom. The van der Waals surface area contributed by atoms with Gasteiger partial charge in [0.25, 0.3) is 0 Å². The van der Waals surface area contributed by atoms with Crippen molar-refractivity contribution in [2.24, 2.45) is 5.73 Å². The van der Waals surface area contributed by atoms with Crippen molar-refractivity contribution in [3.8, 4) is 0 Å². The molecule has 88 valence electrons. The molecule has 1 heterocycles. The van der Waals surface area contributed by atoms with Gasteiger partial charge in [0.15, 0.2) is 0 Å². The first kappa shape index (κ1) is 11.7. The number of hydrogen-bond acceptors (Lipinski definition) is 2. The molecule has 0 fully saturated rings. The Morgan fingerprint density at radius 3 is 2.29 bits per heavy atom. The molecular formula is C14H15FN2. The zero-order valence-electron chi connectivity index (χ0n) is 9.73. The summed E-state index contributed by atoms with van der Waals surface area (Å²) in [5.41, 5.74) is 7.82. The number of hydrogen-bond donors (Lipinski definition) is 1. The van der Waals surface area contributed by atoms with Gasteiger partial charge in [0.05, 0.1) is 0 Å². The summed E-state index contributed by atoms with van der Waals surface area (Å²) in [4.78, 5) is 3.97. The Hall–Kier alpha value is -1.74. The van der Waals surface area contributed by atoms with Gasteiger partial charge in [0, 0.05) is 17.9 Å². The van der Waals surface area contributed by atoms with Crippen molar-refractivity contribution in [3.63, 3.8) is 0 Å². The fraction of sp³-hybridized carbons (Fsp3) is 0.214. The zero-order valence-corrected chi connectivity index (χ0v) is 9.73. The number of halogens is 1. The number of benzene rings is 1. The number of rotatable bonds is 3. The van der Waals surface area contributed by atoms with Gasteiger partial charge in [-0.05, 0) is 48.7 Å². The van der Waals surface area contributed by atoms with E-state index in [9.17, 15) is 4.39 Å². The van der Waals surface area contributed by atoms with E-state index in [1.165, 1.54) is 12.1 Å². The summed E-state index contributed by atoms with van der Waals surface area (Å²) in [6.45, 7) is 1.95. The van der Waals surface area contributed by atoms with Gasteiger partial charge < -0.3 is 5.73 Å². The average Bonchev–Trinajstić information content (AvgIpc) is 2.30. The van der Waals surface area contributed by atoms with Crippen LogP contribution in [0, 0.1) is 5.82 Å². The summed E-state index contributed by atoms with van der Waals surface area (Å²) in [6, 6.07) is 10.2. The highest BCUT2D eigenvalue weighted by atomic mass is 19.1. The molecule has 1 atom stereocenters. The molecule has 17 heavy (non-hydrogen) atoms. The first-order chi connectivity index (χ1) is 8.08. The zero-order chi connectivity index (χ0) is 12.3. The molecule has 0 aliphatic heterocycles. The van der Waals surface area contributed by atoms with Crippen molar-refractivity contribution in [1.29, 1.82) is 0 Å². The average molecular weight is 230 g/mol. The maximum absolute atomic E-state index is 12.9. The summed E-state index contributed by atoms with van der Waals surface area (Å²) < 4.78 is 12.9. The highest BCUT2D eigenvalue weighted by molar-refractivity contribution is 5.27. The van der Waals surface area contributed by atoms with Crippen LogP contribution in [0.3, 0.4) is 0 Å². The third-order valence-corrected chi connectivity index (χ3v) is 2.82. The summed E-state index contributed by atoms with van der Waals surface area (Å²) in [5, 5.41) is 0. The Labute approximate surface area is 100 Å². The van der Waals surface area contributed by atoms with Gasteiger partial charge in [-0.25, -0.2) is 4.39 Å². The predicted molar refractivity (Wildman–Crippen MR) is 65.9 cm³/mol. The molecule has 1 aromatic heterocycles. The lowest BCUT2D eigenvalue weighted by atomic mass is 9.87. The molecule has 0 amide bonds. The summed E-state index contributed by atoms with van der Waals surface area (Å²) >= 11 is 0. The molecule has 0 bridgehead atoms. The summed E-state index contributed by atoms with van der Waals surface area (Å²) in [7, 11) is 0. The molecule has 2 N–H and O–H groups in total. The molecule has 2 nitrogen and oxygen atoms in total. The van der Waals surface area contributed by atoms with Crippen LogP contribution in [0.1, 0.15) is 18.1 Å². The number of nitrogens with zero attached hydrogens (tertiary/aromatic N) is 1. The second kappa shape index (κ2) is 4.63. The first-order valence-corrected chi connectivity index (χ1v) is 5.52. The van der Waals surface area contributed by atoms with Gasteiger partial charge in [-0.2, -0.15) is 0 Å². The van der Waals surface area contributed by atoms with Gasteiger partial charge >= 0.3 is 0 Å². The number of aromatic nitrogens is 1. The highest BCUT2D eigenvalue weighted by Gasteiger charge is 2.21. The van der Waals surface area contributed by atoms with Gasteiger partial charge in [-0.1, -0.05) is 12.1 Å². The molecular weight excluding hydrogens is 215 g/mol. The van der Waals surface area contributed by atoms with Crippen LogP contribution >= 0.6 is 0 Å². The highest BCUT2D eigenvalue weighted by Crippen LogP contribution is 2.22.